The summed E-state index contributed by atoms with van der Waals surface area (Å²) in [6.07, 6.45) is 11.0. The van der Waals surface area contributed by atoms with Gasteiger partial charge in [-0.05, 0) is 139 Å². The first-order valence-electron chi connectivity index (χ1n) is 13.4. The van der Waals surface area contributed by atoms with Crippen molar-refractivity contribution in [3.8, 4) is 0 Å². The van der Waals surface area contributed by atoms with Crippen molar-refractivity contribution < 1.29 is 0 Å². The van der Waals surface area contributed by atoms with Gasteiger partial charge < -0.3 is 0 Å². The van der Waals surface area contributed by atoms with Gasteiger partial charge in [-0.1, -0.05) is 18.2 Å². The molecule has 5 nitrogen and oxygen atoms in total. The topological polar surface area (TPSA) is 64.5 Å². The van der Waals surface area contributed by atoms with E-state index in [4.69, 9.17) is 0 Å². The lowest BCUT2D eigenvalue weighted by Gasteiger charge is -1.92. The van der Waals surface area contributed by atoms with Crippen LogP contribution in [-0.2, 0) is 0 Å². The van der Waals surface area contributed by atoms with Gasteiger partial charge in [0, 0.05) is 60.0 Å². The Balaban J connectivity index is 0.000000250. The van der Waals surface area contributed by atoms with E-state index in [9.17, 15) is 0 Å². The zero-order valence-electron chi connectivity index (χ0n) is 25.9. The van der Waals surface area contributed by atoms with Crippen molar-refractivity contribution >= 4 is 0 Å². The summed E-state index contributed by atoms with van der Waals surface area (Å²) in [4.78, 5) is 20.2. The van der Waals surface area contributed by atoms with E-state index in [1.54, 1.807) is 0 Å². The second kappa shape index (κ2) is 18.9. The van der Waals surface area contributed by atoms with Crippen LogP contribution in [0.4, 0.5) is 0 Å². The maximum absolute atomic E-state index is 4.17. The monoisotopic (exact) mass is 535 g/mol. The lowest BCUT2D eigenvalue weighted by atomic mass is 10.2. The van der Waals surface area contributed by atoms with Crippen LogP contribution in [0.25, 0.3) is 0 Å². The highest BCUT2D eigenvalue weighted by atomic mass is 14.7. The standard InChI is InChI=1S/5C7H9N/c1-6-3-7(2)5-8-4-6;1-6-3-4-8-5-7(6)2;1-6-3-4-8-7(2)5-6;1-6-4-3-5-8-7(6)2;1-6-4-3-5-7(2)8-6/h5*3-5H,1-2H3. The fourth-order valence-electron chi connectivity index (χ4n) is 3.18. The van der Waals surface area contributed by atoms with Gasteiger partial charge in [0.1, 0.15) is 0 Å². The second-order valence-corrected chi connectivity index (χ2v) is 9.80. The van der Waals surface area contributed by atoms with E-state index < -0.39 is 0 Å². The maximum Gasteiger partial charge on any atom is 0.0401 e. The molecule has 0 radical (unpaired) electrons. The molecule has 0 aliphatic carbocycles. The van der Waals surface area contributed by atoms with Crippen LogP contribution in [0.2, 0.25) is 0 Å². The van der Waals surface area contributed by atoms with Gasteiger partial charge in [0.25, 0.3) is 0 Å². The first-order valence-corrected chi connectivity index (χ1v) is 13.4. The molecular formula is C35H45N5. The van der Waals surface area contributed by atoms with Crippen LogP contribution < -0.4 is 0 Å². The van der Waals surface area contributed by atoms with Gasteiger partial charge in [-0.2, -0.15) is 0 Å². The largest absolute Gasteiger partial charge is 0.264 e. The molecular weight excluding hydrogens is 490 g/mol. The molecule has 0 amide bonds. The molecule has 0 saturated carbocycles. The number of aryl methyl sites for hydroxylation is 10. The third kappa shape index (κ3) is 15.9. The number of aromatic nitrogens is 5. The van der Waals surface area contributed by atoms with E-state index in [0.717, 1.165) is 22.8 Å². The van der Waals surface area contributed by atoms with E-state index >= 15 is 0 Å². The van der Waals surface area contributed by atoms with Crippen LogP contribution in [0.5, 0.6) is 0 Å². The van der Waals surface area contributed by atoms with Crippen molar-refractivity contribution in [1.82, 2.24) is 24.9 Å². The SMILES string of the molecule is Cc1cccc(C)n1.Cc1cccnc1C.Cc1ccnc(C)c1.Cc1ccncc1C.Cc1cncc(C)c1. The molecule has 0 fully saturated rings. The Kier molecular flexibility index (Phi) is 16.0. The summed E-state index contributed by atoms with van der Waals surface area (Å²) in [6.45, 7) is 20.3. The van der Waals surface area contributed by atoms with Crippen molar-refractivity contribution in [2.75, 3.05) is 0 Å². The van der Waals surface area contributed by atoms with Gasteiger partial charge in [-0.25, -0.2) is 0 Å². The van der Waals surface area contributed by atoms with Crippen LogP contribution in [-0.4, -0.2) is 24.9 Å². The maximum atomic E-state index is 4.17. The Morgan fingerprint density at radius 1 is 0.425 bits per heavy atom. The second-order valence-electron chi connectivity index (χ2n) is 9.80. The molecule has 5 heteroatoms. The predicted molar refractivity (Wildman–Crippen MR) is 169 cm³/mol. The summed E-state index contributed by atoms with van der Waals surface area (Å²) in [7, 11) is 0. The summed E-state index contributed by atoms with van der Waals surface area (Å²) < 4.78 is 0. The predicted octanol–water partition coefficient (Wildman–Crippen LogP) is 8.49. The van der Waals surface area contributed by atoms with Crippen molar-refractivity contribution in [2.45, 2.75) is 69.2 Å². The zero-order valence-corrected chi connectivity index (χ0v) is 25.9. The molecule has 0 bridgehead atoms. The molecule has 40 heavy (non-hydrogen) atoms. The van der Waals surface area contributed by atoms with Crippen LogP contribution in [0.15, 0.2) is 91.8 Å². The average molecular weight is 536 g/mol. The lowest BCUT2D eigenvalue weighted by Crippen LogP contribution is -1.81. The molecule has 0 aromatic carbocycles. The fourth-order valence-corrected chi connectivity index (χ4v) is 3.18. The van der Waals surface area contributed by atoms with Crippen LogP contribution in [0, 0.1) is 69.2 Å². The van der Waals surface area contributed by atoms with Gasteiger partial charge in [0.05, 0.1) is 0 Å². The van der Waals surface area contributed by atoms with E-state index in [-0.39, 0.29) is 0 Å². The van der Waals surface area contributed by atoms with Gasteiger partial charge in [-0.3, -0.25) is 24.9 Å². The Bertz CT molecular complexity index is 1170. The first kappa shape index (κ1) is 33.8. The summed E-state index contributed by atoms with van der Waals surface area (Å²) in [5, 5.41) is 0. The van der Waals surface area contributed by atoms with Crippen molar-refractivity contribution in [3.05, 3.63) is 148 Å². The molecule has 5 aromatic rings. The summed E-state index contributed by atoms with van der Waals surface area (Å²) in [5.41, 5.74) is 11.9. The highest BCUT2D eigenvalue weighted by Crippen LogP contribution is 2.01. The molecule has 5 heterocycles. The normalized spacial score (nSPS) is 9.25. The van der Waals surface area contributed by atoms with E-state index in [1.165, 1.54) is 33.4 Å². The smallest absolute Gasteiger partial charge is 0.0401 e. The summed E-state index contributed by atoms with van der Waals surface area (Å²) >= 11 is 0. The zero-order chi connectivity index (χ0) is 29.9. The van der Waals surface area contributed by atoms with Crippen molar-refractivity contribution in [3.63, 3.8) is 0 Å². The van der Waals surface area contributed by atoms with Crippen LogP contribution in [0.3, 0.4) is 0 Å². The number of pyridine rings is 5. The third-order valence-corrected chi connectivity index (χ3v) is 5.66. The number of hydrogen-bond donors (Lipinski definition) is 0. The van der Waals surface area contributed by atoms with E-state index in [0.29, 0.717) is 0 Å². The Hall–Kier alpha value is -4.25. The third-order valence-electron chi connectivity index (χ3n) is 5.66. The molecule has 0 saturated heterocycles. The molecule has 5 rings (SSSR count). The highest BCUT2D eigenvalue weighted by molar-refractivity contribution is 5.19. The minimum atomic E-state index is 1.09. The molecule has 0 N–H and O–H groups in total. The lowest BCUT2D eigenvalue weighted by molar-refractivity contribution is 1.12. The Morgan fingerprint density at radius 3 is 1.40 bits per heavy atom. The Labute approximate surface area is 241 Å². The number of nitrogens with zero attached hydrogens (tertiary/aromatic N) is 5. The first-order chi connectivity index (χ1) is 19.0. The molecule has 0 aliphatic heterocycles. The summed E-state index contributed by atoms with van der Waals surface area (Å²) in [5.74, 6) is 0. The molecule has 0 aliphatic rings. The quantitative estimate of drug-likeness (QED) is 0.199. The van der Waals surface area contributed by atoms with Gasteiger partial charge in [-0.15, -0.1) is 0 Å². The molecule has 0 spiro atoms. The number of rotatable bonds is 0. The minimum Gasteiger partial charge on any atom is -0.264 e. The van der Waals surface area contributed by atoms with Crippen molar-refractivity contribution in [1.29, 1.82) is 0 Å². The molecule has 0 atom stereocenters. The van der Waals surface area contributed by atoms with E-state index in [2.05, 4.69) is 70.8 Å². The van der Waals surface area contributed by atoms with Crippen LogP contribution >= 0.6 is 0 Å². The van der Waals surface area contributed by atoms with Gasteiger partial charge in [0.2, 0.25) is 0 Å². The van der Waals surface area contributed by atoms with Crippen LogP contribution in [0.1, 0.15) is 56.2 Å². The highest BCUT2D eigenvalue weighted by Gasteiger charge is 1.86. The van der Waals surface area contributed by atoms with Gasteiger partial charge in [0.15, 0.2) is 0 Å². The molecule has 5 aromatic heterocycles. The fraction of sp³-hybridized carbons (Fsp3) is 0.286. The van der Waals surface area contributed by atoms with Crippen molar-refractivity contribution in [2.24, 2.45) is 0 Å². The molecule has 210 valence electrons. The average Bonchev–Trinajstić information content (AvgIpc) is 2.89. The van der Waals surface area contributed by atoms with E-state index in [1.807, 2.05) is 115 Å². The Morgan fingerprint density at radius 2 is 1.07 bits per heavy atom. The van der Waals surface area contributed by atoms with Gasteiger partial charge >= 0.3 is 0 Å². The molecule has 0 unspecified atom stereocenters. The number of hydrogen-bond acceptors (Lipinski definition) is 5. The summed E-state index contributed by atoms with van der Waals surface area (Å²) in [6, 6.07) is 18.2. The minimum absolute atomic E-state index is 1.09.